The van der Waals surface area contributed by atoms with E-state index in [0.29, 0.717) is 12.0 Å². The van der Waals surface area contributed by atoms with Crippen LogP contribution in [0, 0.1) is 11.3 Å². The number of nitrogens with zero attached hydrogens (tertiary/aromatic N) is 2. The molecule has 0 aromatic heterocycles. The molecule has 2 fully saturated rings. The van der Waals surface area contributed by atoms with Gasteiger partial charge in [-0.15, -0.1) is 0 Å². The Morgan fingerprint density at radius 2 is 2.35 bits per heavy atom. The number of rotatable bonds is 3. The molecule has 2 saturated heterocycles. The maximum absolute atomic E-state index is 11.4. The highest BCUT2D eigenvalue weighted by atomic mass is 16.5. The smallest absolute Gasteiger partial charge is 0.310 e. The average Bonchev–Trinajstić information content (AvgIpc) is 3.09. The average molecular weight is 283 g/mol. The van der Waals surface area contributed by atoms with Gasteiger partial charge in [0, 0.05) is 38.7 Å². The van der Waals surface area contributed by atoms with Crippen LogP contribution in [0.15, 0.2) is 4.99 Å². The largest absolute Gasteiger partial charge is 0.469 e. The minimum Gasteiger partial charge on any atom is -0.469 e. The predicted molar refractivity (Wildman–Crippen MR) is 76.6 cm³/mol. The second kappa shape index (κ2) is 6.43. The van der Waals surface area contributed by atoms with Crippen LogP contribution >= 0.6 is 0 Å². The molecular weight excluding hydrogens is 258 g/mol. The Labute approximate surface area is 120 Å². The number of ether oxygens (including phenoxy) is 2. The molecule has 0 aromatic carbocycles. The fraction of sp³-hybridized carbons (Fsp3) is 0.857. The van der Waals surface area contributed by atoms with E-state index in [-0.39, 0.29) is 11.9 Å². The van der Waals surface area contributed by atoms with Gasteiger partial charge in [0.25, 0.3) is 0 Å². The second-order valence-electron chi connectivity index (χ2n) is 5.83. The Kier molecular flexibility index (Phi) is 4.86. The van der Waals surface area contributed by atoms with Gasteiger partial charge in [0.15, 0.2) is 5.96 Å². The standard InChI is InChI=1S/C14H25N3O3/c1-11(12(18)19-3)8-16-13(15-2)17-6-4-14(9-17)5-7-20-10-14/h11H,4-10H2,1-3H3,(H,15,16). The summed E-state index contributed by atoms with van der Waals surface area (Å²) in [6.07, 6.45) is 2.29. The molecule has 2 rings (SSSR count). The first kappa shape index (κ1) is 15.1. The van der Waals surface area contributed by atoms with Crippen LogP contribution in [0.1, 0.15) is 19.8 Å². The summed E-state index contributed by atoms with van der Waals surface area (Å²) in [4.78, 5) is 18.0. The lowest BCUT2D eigenvalue weighted by Gasteiger charge is -2.25. The highest BCUT2D eigenvalue weighted by Crippen LogP contribution is 2.38. The maximum atomic E-state index is 11.4. The summed E-state index contributed by atoms with van der Waals surface area (Å²) < 4.78 is 10.3. The van der Waals surface area contributed by atoms with Crippen LogP contribution in [0.4, 0.5) is 0 Å². The first-order valence-electron chi connectivity index (χ1n) is 7.21. The van der Waals surface area contributed by atoms with E-state index in [4.69, 9.17) is 9.47 Å². The zero-order valence-corrected chi connectivity index (χ0v) is 12.6. The molecule has 2 aliphatic heterocycles. The van der Waals surface area contributed by atoms with Crippen molar-refractivity contribution >= 4 is 11.9 Å². The Bertz CT molecular complexity index is 378. The third kappa shape index (κ3) is 3.23. The van der Waals surface area contributed by atoms with Gasteiger partial charge in [0.1, 0.15) is 0 Å². The van der Waals surface area contributed by atoms with Crippen molar-refractivity contribution in [3.63, 3.8) is 0 Å². The maximum Gasteiger partial charge on any atom is 0.310 e. The molecule has 0 bridgehead atoms. The topological polar surface area (TPSA) is 63.2 Å². The van der Waals surface area contributed by atoms with Crippen molar-refractivity contribution in [2.45, 2.75) is 19.8 Å². The molecule has 2 heterocycles. The number of nitrogens with one attached hydrogen (secondary N) is 1. The van der Waals surface area contributed by atoms with Crippen LogP contribution in [-0.2, 0) is 14.3 Å². The Hall–Kier alpha value is -1.30. The molecule has 0 saturated carbocycles. The van der Waals surface area contributed by atoms with Gasteiger partial charge in [0.05, 0.1) is 19.6 Å². The van der Waals surface area contributed by atoms with Crippen LogP contribution < -0.4 is 5.32 Å². The third-order valence-corrected chi connectivity index (χ3v) is 4.30. The van der Waals surface area contributed by atoms with E-state index in [1.54, 1.807) is 7.05 Å². The van der Waals surface area contributed by atoms with Crippen molar-refractivity contribution in [1.82, 2.24) is 10.2 Å². The molecule has 20 heavy (non-hydrogen) atoms. The fourth-order valence-corrected chi connectivity index (χ4v) is 2.95. The molecule has 1 N–H and O–H groups in total. The van der Waals surface area contributed by atoms with E-state index >= 15 is 0 Å². The molecule has 0 aliphatic carbocycles. The summed E-state index contributed by atoms with van der Waals surface area (Å²) in [6, 6.07) is 0. The zero-order valence-electron chi connectivity index (χ0n) is 12.6. The normalized spacial score (nSPS) is 27.9. The SMILES string of the molecule is CN=C(NCC(C)C(=O)OC)N1CCC2(CCOC2)C1. The molecule has 2 aliphatic rings. The number of carbonyl (C=O) groups is 1. The highest BCUT2D eigenvalue weighted by Gasteiger charge is 2.42. The van der Waals surface area contributed by atoms with E-state index < -0.39 is 0 Å². The minimum absolute atomic E-state index is 0.178. The summed E-state index contributed by atoms with van der Waals surface area (Å²) in [5.41, 5.74) is 0.311. The van der Waals surface area contributed by atoms with Gasteiger partial charge in [-0.05, 0) is 12.8 Å². The van der Waals surface area contributed by atoms with Crippen molar-refractivity contribution in [2.75, 3.05) is 47.0 Å². The van der Waals surface area contributed by atoms with Gasteiger partial charge in [-0.2, -0.15) is 0 Å². The molecule has 0 aromatic rings. The van der Waals surface area contributed by atoms with Crippen molar-refractivity contribution in [3.05, 3.63) is 0 Å². The van der Waals surface area contributed by atoms with Gasteiger partial charge in [-0.1, -0.05) is 6.92 Å². The Morgan fingerprint density at radius 1 is 1.55 bits per heavy atom. The van der Waals surface area contributed by atoms with Crippen LogP contribution in [0.3, 0.4) is 0 Å². The zero-order chi connectivity index (χ0) is 14.6. The lowest BCUT2D eigenvalue weighted by atomic mass is 9.87. The summed E-state index contributed by atoms with van der Waals surface area (Å²) in [5, 5.41) is 3.27. The number of esters is 1. The van der Waals surface area contributed by atoms with Crippen molar-refractivity contribution in [3.8, 4) is 0 Å². The number of carbonyl (C=O) groups excluding carboxylic acids is 1. The summed E-state index contributed by atoms with van der Waals surface area (Å²) in [5.74, 6) is 0.489. The predicted octanol–water partition coefficient (Wildman–Crippen LogP) is 0.483. The number of guanidine groups is 1. The number of hydrogen-bond donors (Lipinski definition) is 1. The van der Waals surface area contributed by atoms with E-state index in [9.17, 15) is 4.79 Å². The van der Waals surface area contributed by atoms with Crippen molar-refractivity contribution in [1.29, 1.82) is 0 Å². The molecule has 1 spiro atoms. The van der Waals surface area contributed by atoms with Gasteiger partial charge >= 0.3 is 5.97 Å². The summed E-state index contributed by atoms with van der Waals surface area (Å²) in [6.45, 7) is 6.11. The van der Waals surface area contributed by atoms with E-state index in [0.717, 1.165) is 45.1 Å². The molecule has 2 atom stereocenters. The molecular formula is C14H25N3O3. The highest BCUT2D eigenvalue weighted by molar-refractivity contribution is 5.81. The van der Waals surface area contributed by atoms with Crippen LogP contribution in [-0.4, -0.2) is 63.8 Å². The molecule has 114 valence electrons. The number of aliphatic imine (C=N–C) groups is 1. The first-order valence-corrected chi connectivity index (χ1v) is 7.21. The lowest BCUT2D eigenvalue weighted by molar-refractivity contribution is -0.144. The molecule has 0 amide bonds. The number of hydrogen-bond acceptors (Lipinski definition) is 4. The minimum atomic E-state index is -0.199. The van der Waals surface area contributed by atoms with E-state index in [1.165, 1.54) is 7.11 Å². The van der Waals surface area contributed by atoms with Crippen LogP contribution in [0.5, 0.6) is 0 Å². The van der Waals surface area contributed by atoms with Crippen LogP contribution in [0.2, 0.25) is 0 Å². The Balaban J connectivity index is 1.85. The number of likely N-dealkylation sites (tertiary alicyclic amines) is 1. The molecule has 0 radical (unpaired) electrons. The van der Waals surface area contributed by atoms with Crippen molar-refractivity contribution < 1.29 is 14.3 Å². The van der Waals surface area contributed by atoms with E-state index in [1.807, 2.05) is 6.92 Å². The first-order chi connectivity index (χ1) is 9.60. The fourth-order valence-electron chi connectivity index (χ4n) is 2.95. The quantitative estimate of drug-likeness (QED) is 0.464. The van der Waals surface area contributed by atoms with Crippen molar-refractivity contribution in [2.24, 2.45) is 16.3 Å². The second-order valence-corrected chi connectivity index (χ2v) is 5.83. The summed E-state index contributed by atoms with van der Waals surface area (Å²) >= 11 is 0. The number of methoxy groups -OCH3 is 1. The monoisotopic (exact) mass is 283 g/mol. The Morgan fingerprint density at radius 3 is 2.95 bits per heavy atom. The van der Waals surface area contributed by atoms with Gasteiger partial charge in [-0.25, -0.2) is 0 Å². The lowest BCUT2D eigenvalue weighted by Crippen LogP contribution is -2.43. The van der Waals surface area contributed by atoms with E-state index in [2.05, 4.69) is 15.2 Å². The molecule has 2 unspecified atom stereocenters. The summed E-state index contributed by atoms with van der Waals surface area (Å²) in [7, 11) is 3.19. The molecule has 6 heteroatoms. The molecule has 6 nitrogen and oxygen atoms in total. The van der Waals surface area contributed by atoms with Gasteiger partial charge in [0.2, 0.25) is 0 Å². The van der Waals surface area contributed by atoms with Gasteiger partial charge in [-0.3, -0.25) is 9.79 Å². The van der Waals surface area contributed by atoms with Gasteiger partial charge < -0.3 is 19.7 Å². The van der Waals surface area contributed by atoms with Crippen LogP contribution in [0.25, 0.3) is 0 Å². The third-order valence-electron chi connectivity index (χ3n) is 4.30.